The fourth-order valence-corrected chi connectivity index (χ4v) is 3.61. The zero-order valence-corrected chi connectivity index (χ0v) is 17.6. The van der Waals surface area contributed by atoms with Crippen molar-refractivity contribution in [1.82, 2.24) is 10.3 Å². The smallest absolute Gasteiger partial charge is 0.260 e. The molecule has 1 heterocycles. The van der Waals surface area contributed by atoms with Gasteiger partial charge in [-0.15, -0.1) is 11.3 Å². The predicted molar refractivity (Wildman–Crippen MR) is 116 cm³/mol. The van der Waals surface area contributed by atoms with Gasteiger partial charge in [0.15, 0.2) is 11.9 Å². The Morgan fingerprint density at radius 3 is 2.66 bits per heavy atom. The molecule has 1 aromatic heterocycles. The van der Waals surface area contributed by atoms with Gasteiger partial charge >= 0.3 is 0 Å². The van der Waals surface area contributed by atoms with Crippen LogP contribution in [0.25, 0.3) is 10.6 Å². The lowest BCUT2D eigenvalue weighted by atomic mass is 10.1. The van der Waals surface area contributed by atoms with E-state index in [2.05, 4.69) is 41.5 Å². The number of nitrogens with zero attached hydrogens (tertiary/aromatic N) is 1. The molecule has 0 saturated carbocycles. The molecule has 29 heavy (non-hydrogen) atoms. The second kappa shape index (κ2) is 9.47. The summed E-state index contributed by atoms with van der Waals surface area (Å²) in [6, 6.07) is 15.1. The molecule has 1 unspecified atom stereocenters. The first-order chi connectivity index (χ1) is 13.9. The molecule has 0 fully saturated rings. The van der Waals surface area contributed by atoms with Crippen molar-refractivity contribution in [2.45, 2.75) is 33.3 Å². The van der Waals surface area contributed by atoms with Crippen molar-refractivity contribution in [3.8, 4) is 16.3 Å². The number of Topliss-reactive ketones (excluding diaryl/α,β-unsaturated/α-hetero) is 1. The molecule has 150 valence electrons. The van der Waals surface area contributed by atoms with E-state index in [-0.39, 0.29) is 11.7 Å². The summed E-state index contributed by atoms with van der Waals surface area (Å²) in [5, 5.41) is 5.88. The molecular formula is C23H24N2O3S. The lowest BCUT2D eigenvalue weighted by Crippen LogP contribution is -2.37. The molecule has 3 rings (SSSR count). The molecule has 0 aliphatic carbocycles. The van der Waals surface area contributed by atoms with E-state index in [4.69, 9.17) is 4.74 Å². The highest BCUT2D eigenvalue weighted by Gasteiger charge is 2.15. The van der Waals surface area contributed by atoms with Crippen molar-refractivity contribution < 1.29 is 14.3 Å². The van der Waals surface area contributed by atoms with E-state index in [0.717, 1.165) is 16.3 Å². The van der Waals surface area contributed by atoms with E-state index in [1.54, 1.807) is 42.5 Å². The largest absolute Gasteiger partial charge is 0.481 e. The number of ether oxygens (including phenoxy) is 1. The summed E-state index contributed by atoms with van der Waals surface area (Å²) < 4.78 is 5.66. The number of aryl methyl sites for hydroxylation is 1. The third-order valence-electron chi connectivity index (χ3n) is 4.45. The average molecular weight is 409 g/mol. The van der Waals surface area contributed by atoms with Gasteiger partial charge in [0.2, 0.25) is 0 Å². The highest BCUT2D eigenvalue weighted by Crippen LogP contribution is 2.24. The minimum atomic E-state index is -0.657. The number of hydrogen-bond donors (Lipinski definition) is 1. The lowest BCUT2D eigenvalue weighted by Gasteiger charge is -2.15. The van der Waals surface area contributed by atoms with Crippen molar-refractivity contribution in [3.05, 3.63) is 70.7 Å². The zero-order chi connectivity index (χ0) is 20.8. The Kier molecular flexibility index (Phi) is 6.77. The molecule has 0 aliphatic rings. The minimum absolute atomic E-state index is 0.0409. The van der Waals surface area contributed by atoms with Crippen LogP contribution in [0.4, 0.5) is 0 Å². The van der Waals surface area contributed by atoms with E-state index in [9.17, 15) is 9.59 Å². The van der Waals surface area contributed by atoms with Gasteiger partial charge in [-0.3, -0.25) is 9.59 Å². The quantitative estimate of drug-likeness (QED) is 0.559. The Morgan fingerprint density at radius 2 is 1.93 bits per heavy atom. The lowest BCUT2D eigenvalue weighted by molar-refractivity contribution is -0.127. The van der Waals surface area contributed by atoms with E-state index in [1.807, 2.05) is 5.38 Å². The Bertz CT molecular complexity index is 995. The number of hydrogen-bond acceptors (Lipinski definition) is 5. The van der Waals surface area contributed by atoms with Crippen LogP contribution in [0.1, 0.15) is 35.5 Å². The highest BCUT2D eigenvalue weighted by molar-refractivity contribution is 7.13. The van der Waals surface area contributed by atoms with Crippen LogP contribution < -0.4 is 10.1 Å². The second-order valence-electron chi connectivity index (χ2n) is 6.90. The highest BCUT2D eigenvalue weighted by atomic mass is 32.1. The molecule has 0 radical (unpaired) electrons. The maximum Gasteiger partial charge on any atom is 0.260 e. The monoisotopic (exact) mass is 408 g/mol. The average Bonchev–Trinajstić information content (AvgIpc) is 3.17. The molecule has 1 N–H and O–H groups in total. The number of ketones is 1. The Balaban J connectivity index is 1.49. The first-order valence-corrected chi connectivity index (χ1v) is 10.4. The molecule has 3 aromatic rings. The van der Waals surface area contributed by atoms with Crippen LogP contribution >= 0.6 is 11.3 Å². The topological polar surface area (TPSA) is 68.3 Å². The molecule has 5 nitrogen and oxygen atoms in total. The first-order valence-electron chi connectivity index (χ1n) is 9.49. The van der Waals surface area contributed by atoms with Crippen LogP contribution in [0.15, 0.2) is 53.9 Å². The van der Waals surface area contributed by atoms with Gasteiger partial charge in [0.05, 0.1) is 5.69 Å². The van der Waals surface area contributed by atoms with Gasteiger partial charge < -0.3 is 10.1 Å². The van der Waals surface area contributed by atoms with Crippen LogP contribution in [-0.4, -0.2) is 29.3 Å². The predicted octanol–water partition coefficient (Wildman–Crippen LogP) is 4.45. The number of carbonyl (C=O) groups is 2. The van der Waals surface area contributed by atoms with Gasteiger partial charge in [0, 0.05) is 29.5 Å². The van der Waals surface area contributed by atoms with Gasteiger partial charge in [-0.2, -0.15) is 0 Å². The molecule has 0 spiro atoms. The summed E-state index contributed by atoms with van der Waals surface area (Å²) in [5.41, 5.74) is 3.83. The molecule has 0 saturated heterocycles. The molecule has 1 atom stereocenters. The van der Waals surface area contributed by atoms with Gasteiger partial charge in [-0.05, 0) is 32.9 Å². The van der Waals surface area contributed by atoms with Crippen molar-refractivity contribution in [3.63, 3.8) is 0 Å². The van der Waals surface area contributed by atoms with Crippen molar-refractivity contribution in [2.24, 2.45) is 0 Å². The number of rotatable bonds is 8. The van der Waals surface area contributed by atoms with Crippen LogP contribution in [0.2, 0.25) is 0 Å². The fraction of sp³-hybridized carbons (Fsp3) is 0.261. The Labute approximate surface area is 174 Å². The number of amides is 1. The van der Waals surface area contributed by atoms with Crippen molar-refractivity contribution >= 4 is 23.0 Å². The minimum Gasteiger partial charge on any atom is -0.481 e. The Morgan fingerprint density at radius 1 is 1.17 bits per heavy atom. The molecule has 0 aliphatic heterocycles. The SMILES string of the molecule is CC(=O)c1cccc(OC(C)C(=O)NCCc2csc(-c3ccc(C)cc3)n2)c1. The van der Waals surface area contributed by atoms with E-state index >= 15 is 0 Å². The number of thiazole rings is 1. The number of benzene rings is 2. The van der Waals surface area contributed by atoms with E-state index in [1.165, 1.54) is 12.5 Å². The fourth-order valence-electron chi connectivity index (χ4n) is 2.75. The van der Waals surface area contributed by atoms with Gasteiger partial charge in [0.1, 0.15) is 10.8 Å². The Hall–Kier alpha value is -2.99. The van der Waals surface area contributed by atoms with E-state index < -0.39 is 6.10 Å². The van der Waals surface area contributed by atoms with Crippen LogP contribution in [0, 0.1) is 6.92 Å². The molecule has 1 amide bonds. The summed E-state index contributed by atoms with van der Waals surface area (Å²) in [6.45, 7) is 5.73. The van der Waals surface area contributed by atoms with Crippen LogP contribution in [-0.2, 0) is 11.2 Å². The maximum absolute atomic E-state index is 12.3. The molecule has 0 bridgehead atoms. The van der Waals surface area contributed by atoms with E-state index in [0.29, 0.717) is 24.3 Å². The normalized spacial score (nSPS) is 11.7. The van der Waals surface area contributed by atoms with Gasteiger partial charge in [0.25, 0.3) is 5.91 Å². The zero-order valence-electron chi connectivity index (χ0n) is 16.8. The summed E-state index contributed by atoms with van der Waals surface area (Å²) in [5.74, 6) is 0.260. The molecular weight excluding hydrogens is 384 g/mol. The summed E-state index contributed by atoms with van der Waals surface area (Å²) in [4.78, 5) is 28.4. The first kappa shape index (κ1) is 20.7. The maximum atomic E-state index is 12.3. The second-order valence-corrected chi connectivity index (χ2v) is 7.75. The summed E-state index contributed by atoms with van der Waals surface area (Å²) in [7, 11) is 0. The standard InChI is InChI=1S/C23H24N2O3S/c1-15-7-9-18(10-8-15)23-25-20(14-29-23)11-12-24-22(27)17(3)28-21-6-4-5-19(13-21)16(2)26/h4-10,13-14,17H,11-12H2,1-3H3,(H,24,27). The third kappa shape index (κ3) is 5.74. The van der Waals surface area contributed by atoms with Gasteiger partial charge in [-0.1, -0.05) is 42.0 Å². The number of nitrogens with one attached hydrogen (secondary N) is 1. The summed E-state index contributed by atoms with van der Waals surface area (Å²) >= 11 is 1.60. The van der Waals surface area contributed by atoms with Crippen LogP contribution in [0.3, 0.4) is 0 Å². The summed E-state index contributed by atoms with van der Waals surface area (Å²) in [6.07, 6.45) is -0.00329. The van der Waals surface area contributed by atoms with Crippen LogP contribution in [0.5, 0.6) is 5.75 Å². The third-order valence-corrected chi connectivity index (χ3v) is 5.39. The molecule has 2 aromatic carbocycles. The number of aromatic nitrogens is 1. The van der Waals surface area contributed by atoms with Crippen molar-refractivity contribution in [2.75, 3.05) is 6.54 Å². The molecule has 6 heteroatoms. The van der Waals surface area contributed by atoms with Crippen molar-refractivity contribution in [1.29, 1.82) is 0 Å². The number of carbonyl (C=O) groups excluding carboxylic acids is 2. The van der Waals surface area contributed by atoms with Gasteiger partial charge in [-0.25, -0.2) is 4.98 Å².